The summed E-state index contributed by atoms with van der Waals surface area (Å²) in [7, 11) is 0. The normalized spacial score (nSPS) is 9.67. The topological polar surface area (TPSA) is 12.9 Å². The molecule has 1 heterocycles. The first kappa shape index (κ1) is 7.94. The fourth-order valence-corrected chi connectivity index (χ4v) is 1.69. The van der Waals surface area contributed by atoms with Gasteiger partial charge in [-0.2, -0.15) is 0 Å². The molecule has 0 atom stereocenters. The molecule has 0 bridgehead atoms. The smallest absolute Gasteiger partial charge is 0.121 e. The average molecular weight is 363 g/mol. The van der Waals surface area contributed by atoms with Crippen molar-refractivity contribution in [1.82, 2.24) is 4.98 Å². The van der Waals surface area contributed by atoms with E-state index in [1.165, 1.54) is 0 Å². The third kappa shape index (κ3) is 2.16. The van der Waals surface area contributed by atoms with Crippen LogP contribution in [0.15, 0.2) is 21.2 Å². The minimum atomic E-state index is 0.856. The predicted molar refractivity (Wildman–Crippen MR) is 52.4 cm³/mol. The number of pyridine rings is 1. The van der Waals surface area contributed by atoms with Crippen LogP contribution in [-0.4, -0.2) is 4.98 Å². The molecule has 0 unspecified atom stereocenters. The van der Waals surface area contributed by atoms with E-state index in [0.717, 1.165) is 12.8 Å². The molecule has 0 aliphatic rings. The van der Waals surface area contributed by atoms with E-state index < -0.39 is 0 Å². The number of hydrogen-bond acceptors (Lipinski definition) is 1. The first-order valence-electron chi connectivity index (χ1n) is 2.17. The van der Waals surface area contributed by atoms with Crippen LogP contribution >= 0.6 is 54.5 Å². The Balaban J connectivity index is 3.17. The van der Waals surface area contributed by atoms with Crippen LogP contribution in [0.25, 0.3) is 0 Å². The lowest BCUT2D eigenvalue weighted by Crippen LogP contribution is -1.80. The quantitative estimate of drug-likeness (QED) is 0.510. The summed E-state index contributed by atoms with van der Waals surface area (Å²) < 4.78 is 2.83. The maximum Gasteiger partial charge on any atom is 0.121 e. The molecule has 0 aliphatic carbocycles. The molecule has 0 aliphatic heterocycles. The molecule has 1 rings (SSSR count). The molecular weight excluding hydrogens is 361 g/mol. The highest BCUT2D eigenvalue weighted by atomic mass is 127. The minimum absolute atomic E-state index is 0.856. The zero-order valence-corrected chi connectivity index (χ0v) is 9.57. The number of aromatic nitrogens is 1. The number of nitrogens with zero attached hydrogens (tertiary/aromatic N) is 1. The van der Waals surface area contributed by atoms with E-state index in [2.05, 4.69) is 59.4 Å². The van der Waals surface area contributed by atoms with Crippen molar-refractivity contribution >= 4 is 54.5 Å². The Bertz CT molecular complexity index is 226. The molecule has 0 saturated heterocycles. The molecule has 1 nitrogen and oxygen atoms in total. The SMILES string of the molecule is Brc1ccc(I)nc1Br. The zero-order valence-electron chi connectivity index (χ0n) is 4.24. The fourth-order valence-electron chi connectivity index (χ4n) is 0.395. The first-order chi connectivity index (χ1) is 4.20. The van der Waals surface area contributed by atoms with E-state index >= 15 is 0 Å². The van der Waals surface area contributed by atoms with Crippen LogP contribution in [0, 0.1) is 3.70 Å². The van der Waals surface area contributed by atoms with Crippen molar-refractivity contribution in [2.75, 3.05) is 0 Å². The highest BCUT2D eigenvalue weighted by Gasteiger charge is 1.95. The van der Waals surface area contributed by atoms with Crippen LogP contribution in [0.3, 0.4) is 0 Å². The van der Waals surface area contributed by atoms with Crippen molar-refractivity contribution in [3.63, 3.8) is 0 Å². The molecule has 0 aromatic carbocycles. The summed E-state index contributed by atoms with van der Waals surface area (Å²) in [6.45, 7) is 0. The maximum atomic E-state index is 4.13. The first-order valence-corrected chi connectivity index (χ1v) is 4.84. The van der Waals surface area contributed by atoms with E-state index in [-0.39, 0.29) is 0 Å². The summed E-state index contributed by atoms with van der Waals surface area (Å²) in [5.41, 5.74) is 0. The summed E-state index contributed by atoms with van der Waals surface area (Å²) in [4.78, 5) is 4.13. The van der Waals surface area contributed by atoms with E-state index in [4.69, 9.17) is 0 Å². The lowest BCUT2D eigenvalue weighted by Gasteiger charge is -1.92. The zero-order chi connectivity index (χ0) is 6.85. The van der Waals surface area contributed by atoms with Gasteiger partial charge in [-0.15, -0.1) is 0 Å². The molecule has 0 saturated carbocycles. The standard InChI is InChI=1S/C5H2Br2IN/c6-3-1-2-4(8)9-5(3)7/h1-2H. The van der Waals surface area contributed by atoms with E-state index in [0.29, 0.717) is 0 Å². The summed E-state index contributed by atoms with van der Waals surface area (Å²) in [6.07, 6.45) is 0. The van der Waals surface area contributed by atoms with Gasteiger partial charge in [0, 0.05) is 0 Å². The molecule has 0 N–H and O–H groups in total. The van der Waals surface area contributed by atoms with Crippen molar-refractivity contribution in [2.24, 2.45) is 0 Å². The van der Waals surface area contributed by atoms with Gasteiger partial charge in [-0.3, -0.25) is 0 Å². The highest BCUT2D eigenvalue weighted by molar-refractivity contribution is 14.1. The van der Waals surface area contributed by atoms with Crippen molar-refractivity contribution in [3.05, 3.63) is 24.9 Å². The molecule has 9 heavy (non-hydrogen) atoms. The van der Waals surface area contributed by atoms with Crippen molar-refractivity contribution in [3.8, 4) is 0 Å². The molecule has 4 heteroatoms. The fraction of sp³-hybridized carbons (Fsp3) is 0. The Morgan fingerprint density at radius 2 is 2.00 bits per heavy atom. The largest absolute Gasteiger partial charge is 0.234 e. The van der Waals surface area contributed by atoms with Crippen LogP contribution in [0.5, 0.6) is 0 Å². The summed E-state index contributed by atoms with van der Waals surface area (Å²) >= 11 is 8.76. The molecule has 0 spiro atoms. The Labute approximate surface area is 83.6 Å². The van der Waals surface area contributed by atoms with Crippen molar-refractivity contribution in [2.45, 2.75) is 0 Å². The van der Waals surface area contributed by atoms with Crippen molar-refractivity contribution < 1.29 is 0 Å². The predicted octanol–water partition coefficient (Wildman–Crippen LogP) is 3.21. The van der Waals surface area contributed by atoms with Crippen LogP contribution in [-0.2, 0) is 0 Å². The lowest BCUT2D eigenvalue weighted by atomic mass is 10.5. The molecule has 0 radical (unpaired) electrons. The van der Waals surface area contributed by atoms with Gasteiger partial charge in [-0.25, -0.2) is 4.98 Å². The van der Waals surface area contributed by atoms with Gasteiger partial charge in [0.15, 0.2) is 0 Å². The minimum Gasteiger partial charge on any atom is -0.234 e. The Morgan fingerprint density at radius 3 is 2.44 bits per heavy atom. The Kier molecular flexibility index (Phi) is 2.91. The van der Waals surface area contributed by atoms with Crippen molar-refractivity contribution in [1.29, 1.82) is 0 Å². The maximum absolute atomic E-state index is 4.13. The second-order valence-electron chi connectivity index (χ2n) is 1.41. The molecule has 0 amide bonds. The second-order valence-corrected chi connectivity index (χ2v) is 4.12. The summed E-state index contributed by atoms with van der Waals surface area (Å²) in [5.74, 6) is 0. The van der Waals surface area contributed by atoms with Crippen LogP contribution in [0.1, 0.15) is 0 Å². The molecular formula is C5H2Br2IN. The van der Waals surface area contributed by atoms with Gasteiger partial charge in [0.25, 0.3) is 0 Å². The molecule has 0 fully saturated rings. The van der Waals surface area contributed by atoms with Gasteiger partial charge >= 0.3 is 0 Å². The monoisotopic (exact) mass is 361 g/mol. The van der Waals surface area contributed by atoms with Crippen LogP contribution in [0.4, 0.5) is 0 Å². The number of rotatable bonds is 0. The van der Waals surface area contributed by atoms with E-state index in [1.54, 1.807) is 0 Å². The number of hydrogen-bond donors (Lipinski definition) is 0. The lowest BCUT2D eigenvalue weighted by molar-refractivity contribution is 1.21. The van der Waals surface area contributed by atoms with Crippen LogP contribution in [0.2, 0.25) is 0 Å². The van der Waals surface area contributed by atoms with E-state index in [9.17, 15) is 0 Å². The molecule has 1 aromatic heterocycles. The van der Waals surface area contributed by atoms with Gasteiger partial charge in [-0.1, -0.05) is 0 Å². The summed E-state index contributed by atoms with van der Waals surface area (Å²) in [6, 6.07) is 3.90. The van der Waals surface area contributed by atoms with E-state index in [1.807, 2.05) is 12.1 Å². The van der Waals surface area contributed by atoms with Gasteiger partial charge < -0.3 is 0 Å². The Morgan fingerprint density at radius 1 is 1.33 bits per heavy atom. The number of halogens is 3. The Hall–Kier alpha value is 0.840. The van der Waals surface area contributed by atoms with Crippen LogP contribution < -0.4 is 0 Å². The average Bonchev–Trinajstić information content (AvgIpc) is 1.80. The molecule has 1 aromatic rings. The second kappa shape index (κ2) is 3.30. The van der Waals surface area contributed by atoms with Gasteiger partial charge in [0.2, 0.25) is 0 Å². The van der Waals surface area contributed by atoms with Gasteiger partial charge in [0.05, 0.1) is 4.47 Å². The van der Waals surface area contributed by atoms with Gasteiger partial charge in [-0.05, 0) is 66.6 Å². The third-order valence-corrected chi connectivity index (χ3v) is 3.15. The molecule has 48 valence electrons. The third-order valence-electron chi connectivity index (χ3n) is 0.769. The highest BCUT2D eigenvalue weighted by Crippen LogP contribution is 2.20. The van der Waals surface area contributed by atoms with Gasteiger partial charge in [0.1, 0.15) is 8.30 Å². The summed E-state index contributed by atoms with van der Waals surface area (Å²) in [5, 5.41) is 0.